The molecule has 0 aromatic carbocycles. The first kappa shape index (κ1) is 7.95. The zero-order valence-corrected chi connectivity index (χ0v) is 7.74. The first-order valence-electron chi connectivity index (χ1n) is 3.01. The molecule has 0 atom stereocenters. The molecule has 0 radical (unpaired) electrons. The normalized spacial score (nSPS) is 9.70. The zero-order valence-electron chi connectivity index (χ0n) is 5.34. The number of halogens is 1. The molecule has 0 unspecified atom stereocenters. The van der Waals surface area contributed by atoms with Gasteiger partial charge in [-0.25, -0.2) is 0 Å². The van der Waals surface area contributed by atoms with Crippen molar-refractivity contribution in [2.45, 2.75) is 12.8 Å². The molecule has 10 heavy (non-hydrogen) atoms. The molecular weight excluding hydrogens is 212 g/mol. The van der Waals surface area contributed by atoms with Crippen LogP contribution >= 0.6 is 27.3 Å². The van der Waals surface area contributed by atoms with Crippen molar-refractivity contribution in [1.29, 1.82) is 0 Å². The van der Waals surface area contributed by atoms with Crippen molar-refractivity contribution in [3.8, 4) is 0 Å². The molecule has 0 saturated heterocycles. The Balaban J connectivity index is 2.49. The van der Waals surface area contributed by atoms with Gasteiger partial charge in [-0.1, -0.05) is 0 Å². The molecule has 1 aromatic heterocycles. The SMILES string of the molecule is O=CCCc1ccc(Br)s1. The van der Waals surface area contributed by atoms with E-state index in [0.29, 0.717) is 6.42 Å². The van der Waals surface area contributed by atoms with Gasteiger partial charge in [0.1, 0.15) is 6.29 Å². The number of rotatable bonds is 3. The van der Waals surface area contributed by atoms with Crippen LogP contribution in [0, 0.1) is 0 Å². The van der Waals surface area contributed by atoms with Crippen LogP contribution in [-0.4, -0.2) is 6.29 Å². The summed E-state index contributed by atoms with van der Waals surface area (Å²) in [6, 6.07) is 4.04. The molecule has 1 aromatic rings. The quantitative estimate of drug-likeness (QED) is 0.714. The fourth-order valence-corrected chi connectivity index (χ4v) is 2.19. The van der Waals surface area contributed by atoms with Gasteiger partial charge in [-0.05, 0) is 34.5 Å². The van der Waals surface area contributed by atoms with E-state index in [-0.39, 0.29) is 0 Å². The number of hydrogen-bond acceptors (Lipinski definition) is 2. The van der Waals surface area contributed by atoms with Crippen LogP contribution in [0.1, 0.15) is 11.3 Å². The predicted octanol–water partition coefficient (Wildman–Crippen LogP) is 2.64. The molecule has 0 spiro atoms. The second kappa shape index (κ2) is 3.88. The molecule has 0 bridgehead atoms. The van der Waals surface area contributed by atoms with Crippen molar-refractivity contribution in [2.24, 2.45) is 0 Å². The molecule has 54 valence electrons. The van der Waals surface area contributed by atoms with Gasteiger partial charge in [0.25, 0.3) is 0 Å². The Morgan fingerprint density at radius 3 is 2.90 bits per heavy atom. The summed E-state index contributed by atoms with van der Waals surface area (Å²) < 4.78 is 1.13. The second-order valence-electron chi connectivity index (χ2n) is 1.91. The van der Waals surface area contributed by atoms with Crippen LogP contribution in [-0.2, 0) is 11.2 Å². The van der Waals surface area contributed by atoms with E-state index in [2.05, 4.69) is 15.9 Å². The third kappa shape index (κ3) is 2.23. The summed E-state index contributed by atoms with van der Waals surface area (Å²) in [5.74, 6) is 0. The summed E-state index contributed by atoms with van der Waals surface area (Å²) in [7, 11) is 0. The summed E-state index contributed by atoms with van der Waals surface area (Å²) >= 11 is 5.04. The Morgan fingerprint density at radius 1 is 1.60 bits per heavy atom. The van der Waals surface area contributed by atoms with Crippen molar-refractivity contribution in [3.05, 3.63) is 20.8 Å². The average Bonchev–Trinajstić information content (AvgIpc) is 2.31. The highest BCUT2D eigenvalue weighted by molar-refractivity contribution is 9.11. The highest BCUT2D eigenvalue weighted by atomic mass is 79.9. The maximum atomic E-state index is 9.98. The van der Waals surface area contributed by atoms with Crippen LogP contribution in [0.3, 0.4) is 0 Å². The molecule has 0 aliphatic heterocycles. The molecule has 0 aliphatic carbocycles. The van der Waals surface area contributed by atoms with Gasteiger partial charge in [-0.15, -0.1) is 11.3 Å². The van der Waals surface area contributed by atoms with E-state index in [9.17, 15) is 4.79 Å². The van der Waals surface area contributed by atoms with Crippen molar-refractivity contribution in [1.82, 2.24) is 0 Å². The van der Waals surface area contributed by atoms with E-state index >= 15 is 0 Å². The van der Waals surface area contributed by atoms with Gasteiger partial charge < -0.3 is 4.79 Å². The first-order chi connectivity index (χ1) is 4.83. The lowest BCUT2D eigenvalue weighted by atomic mass is 10.3. The largest absolute Gasteiger partial charge is 0.303 e. The smallest absolute Gasteiger partial charge is 0.120 e. The summed E-state index contributed by atoms with van der Waals surface area (Å²) in [5.41, 5.74) is 0. The van der Waals surface area contributed by atoms with Gasteiger partial charge in [0.05, 0.1) is 3.79 Å². The summed E-state index contributed by atoms with van der Waals surface area (Å²) in [5, 5.41) is 0. The minimum absolute atomic E-state index is 0.632. The standard InChI is InChI=1S/C7H7BrOS/c8-7-4-3-6(10-7)2-1-5-9/h3-5H,1-2H2. The van der Waals surface area contributed by atoms with Crippen molar-refractivity contribution in [3.63, 3.8) is 0 Å². The van der Waals surface area contributed by atoms with E-state index < -0.39 is 0 Å². The third-order valence-electron chi connectivity index (χ3n) is 1.14. The molecule has 0 N–H and O–H groups in total. The van der Waals surface area contributed by atoms with Gasteiger partial charge in [0.15, 0.2) is 0 Å². The molecule has 3 heteroatoms. The molecule has 0 fully saturated rings. The van der Waals surface area contributed by atoms with Crippen LogP contribution in [0.5, 0.6) is 0 Å². The average molecular weight is 219 g/mol. The maximum absolute atomic E-state index is 9.98. The maximum Gasteiger partial charge on any atom is 0.120 e. The first-order valence-corrected chi connectivity index (χ1v) is 4.61. The van der Waals surface area contributed by atoms with E-state index in [1.54, 1.807) is 11.3 Å². The molecule has 0 amide bonds. The second-order valence-corrected chi connectivity index (χ2v) is 4.46. The van der Waals surface area contributed by atoms with E-state index in [0.717, 1.165) is 16.5 Å². The highest BCUT2D eigenvalue weighted by Gasteiger charge is 1.95. The Bertz CT molecular complexity index is 219. The van der Waals surface area contributed by atoms with Crippen LogP contribution < -0.4 is 0 Å². The fourth-order valence-electron chi connectivity index (χ4n) is 0.687. The van der Waals surface area contributed by atoms with Gasteiger partial charge in [0, 0.05) is 11.3 Å². The lowest BCUT2D eigenvalue weighted by Crippen LogP contribution is -1.78. The fraction of sp³-hybridized carbons (Fsp3) is 0.286. The number of hydrogen-bond donors (Lipinski definition) is 0. The van der Waals surface area contributed by atoms with Gasteiger partial charge in [0.2, 0.25) is 0 Å². The summed E-state index contributed by atoms with van der Waals surface area (Å²) in [6.45, 7) is 0. The minimum atomic E-state index is 0.632. The Hall–Kier alpha value is -0.150. The predicted molar refractivity (Wildman–Crippen MR) is 46.4 cm³/mol. The molecule has 0 aliphatic rings. The highest BCUT2D eigenvalue weighted by Crippen LogP contribution is 2.22. The molecule has 1 nitrogen and oxygen atoms in total. The van der Waals surface area contributed by atoms with E-state index in [1.165, 1.54) is 4.88 Å². The molecule has 1 rings (SSSR count). The molecule has 1 heterocycles. The van der Waals surface area contributed by atoms with Crippen molar-refractivity contribution in [2.75, 3.05) is 0 Å². The third-order valence-corrected chi connectivity index (χ3v) is 2.82. The molecular formula is C7H7BrOS. The Labute approximate surface area is 72.2 Å². The molecule has 0 saturated carbocycles. The topological polar surface area (TPSA) is 17.1 Å². The number of aldehydes is 1. The number of aryl methyl sites for hydroxylation is 1. The van der Waals surface area contributed by atoms with Crippen molar-refractivity contribution >= 4 is 33.6 Å². The van der Waals surface area contributed by atoms with Gasteiger partial charge in [-0.3, -0.25) is 0 Å². The minimum Gasteiger partial charge on any atom is -0.303 e. The van der Waals surface area contributed by atoms with Crippen molar-refractivity contribution < 1.29 is 4.79 Å². The van der Waals surface area contributed by atoms with Crippen LogP contribution in [0.2, 0.25) is 0 Å². The summed E-state index contributed by atoms with van der Waals surface area (Å²) in [6.07, 6.45) is 2.46. The monoisotopic (exact) mass is 218 g/mol. The van der Waals surface area contributed by atoms with Crippen LogP contribution in [0.25, 0.3) is 0 Å². The van der Waals surface area contributed by atoms with Gasteiger partial charge >= 0.3 is 0 Å². The Morgan fingerprint density at radius 2 is 2.40 bits per heavy atom. The number of carbonyl (C=O) groups is 1. The lowest BCUT2D eigenvalue weighted by Gasteiger charge is -1.86. The van der Waals surface area contributed by atoms with Crippen LogP contribution in [0.15, 0.2) is 15.9 Å². The number of thiophene rings is 1. The van der Waals surface area contributed by atoms with E-state index in [4.69, 9.17) is 0 Å². The van der Waals surface area contributed by atoms with Crippen LogP contribution in [0.4, 0.5) is 0 Å². The zero-order chi connectivity index (χ0) is 7.40. The number of carbonyl (C=O) groups excluding carboxylic acids is 1. The Kier molecular flexibility index (Phi) is 3.09. The lowest BCUT2D eigenvalue weighted by molar-refractivity contribution is -0.107. The van der Waals surface area contributed by atoms with Gasteiger partial charge in [-0.2, -0.15) is 0 Å². The van der Waals surface area contributed by atoms with E-state index in [1.807, 2.05) is 12.1 Å². The summed E-state index contributed by atoms with van der Waals surface area (Å²) in [4.78, 5) is 11.2.